The van der Waals surface area contributed by atoms with Crippen molar-refractivity contribution in [1.29, 1.82) is 5.26 Å². The van der Waals surface area contributed by atoms with Crippen LogP contribution in [0.25, 0.3) is 11.4 Å². The molecule has 1 amide bonds. The van der Waals surface area contributed by atoms with E-state index in [1.807, 2.05) is 48.5 Å². The lowest BCUT2D eigenvalue weighted by Crippen LogP contribution is -2.32. The molecule has 0 aliphatic carbocycles. The Morgan fingerprint density at radius 3 is 2.38 bits per heavy atom. The first kappa shape index (κ1) is 17.2. The molecule has 0 bridgehead atoms. The normalized spacial score (nSPS) is 10.1. The fourth-order valence-electron chi connectivity index (χ4n) is 2.48. The molecule has 0 unspecified atom stereocenters. The number of carbonyl (C=O) groups excluding carboxylic acids is 1. The second-order valence-corrected chi connectivity index (χ2v) is 5.62. The van der Waals surface area contributed by atoms with Crippen molar-refractivity contribution in [3.63, 3.8) is 0 Å². The Bertz CT molecular complexity index is 889. The van der Waals surface area contributed by atoms with E-state index in [1.165, 1.54) is 12.4 Å². The fraction of sp³-hybridized carbons (Fsp3) is 0.150. The number of rotatable bonds is 6. The molecule has 6 nitrogen and oxygen atoms in total. The molecule has 0 aliphatic rings. The van der Waals surface area contributed by atoms with Crippen LogP contribution in [-0.2, 0) is 6.54 Å². The number of pyridine rings is 1. The van der Waals surface area contributed by atoms with Crippen molar-refractivity contribution in [3.05, 3.63) is 78.4 Å². The molecule has 0 spiro atoms. The Kier molecular flexibility index (Phi) is 5.63. The van der Waals surface area contributed by atoms with Gasteiger partial charge in [0.15, 0.2) is 5.82 Å². The molecular weight excluding hydrogens is 326 g/mol. The molecule has 2 aromatic heterocycles. The van der Waals surface area contributed by atoms with Crippen molar-refractivity contribution in [1.82, 2.24) is 19.9 Å². The van der Waals surface area contributed by atoms with Gasteiger partial charge >= 0.3 is 0 Å². The van der Waals surface area contributed by atoms with E-state index in [0.29, 0.717) is 24.5 Å². The molecule has 0 saturated heterocycles. The van der Waals surface area contributed by atoms with E-state index < -0.39 is 0 Å². The summed E-state index contributed by atoms with van der Waals surface area (Å²) < 4.78 is 0. The third kappa shape index (κ3) is 4.28. The Hall–Kier alpha value is -3.59. The molecule has 1 aromatic carbocycles. The lowest BCUT2D eigenvalue weighted by molar-refractivity contribution is 0.0744. The third-order valence-corrected chi connectivity index (χ3v) is 3.79. The standard InChI is InChI=1S/C20H17N5O/c21-10-6-12-25(15-18-9-4-5-11-22-18)20(26)17-13-23-19(24-14-17)16-7-2-1-3-8-16/h1-5,7-9,11,13-14H,6,12,15H2. The fourth-order valence-corrected chi connectivity index (χ4v) is 2.48. The van der Waals surface area contributed by atoms with Gasteiger partial charge in [-0.15, -0.1) is 0 Å². The topological polar surface area (TPSA) is 82.8 Å². The van der Waals surface area contributed by atoms with Gasteiger partial charge in [-0.2, -0.15) is 5.26 Å². The smallest absolute Gasteiger partial charge is 0.257 e. The number of benzene rings is 1. The highest BCUT2D eigenvalue weighted by atomic mass is 16.2. The predicted octanol–water partition coefficient (Wildman–Crippen LogP) is 3.09. The average Bonchev–Trinajstić information content (AvgIpc) is 2.72. The zero-order valence-electron chi connectivity index (χ0n) is 14.1. The van der Waals surface area contributed by atoms with E-state index in [9.17, 15) is 4.79 Å². The van der Waals surface area contributed by atoms with Crippen molar-refractivity contribution < 1.29 is 4.79 Å². The predicted molar refractivity (Wildman–Crippen MR) is 96.7 cm³/mol. The van der Waals surface area contributed by atoms with Crippen LogP contribution in [0.2, 0.25) is 0 Å². The zero-order chi connectivity index (χ0) is 18.2. The Balaban J connectivity index is 1.78. The van der Waals surface area contributed by atoms with Gasteiger partial charge in [0.1, 0.15) is 0 Å². The first-order chi connectivity index (χ1) is 12.8. The first-order valence-corrected chi connectivity index (χ1v) is 8.21. The Labute approximate surface area is 151 Å². The van der Waals surface area contributed by atoms with Crippen molar-refractivity contribution in [2.75, 3.05) is 6.54 Å². The summed E-state index contributed by atoms with van der Waals surface area (Å²) in [4.78, 5) is 27.3. The summed E-state index contributed by atoms with van der Waals surface area (Å²) >= 11 is 0. The number of carbonyl (C=O) groups is 1. The van der Waals surface area contributed by atoms with Gasteiger partial charge in [0.05, 0.1) is 30.3 Å². The first-order valence-electron chi connectivity index (χ1n) is 8.21. The van der Waals surface area contributed by atoms with Crippen LogP contribution in [0.1, 0.15) is 22.5 Å². The molecule has 2 heterocycles. The third-order valence-electron chi connectivity index (χ3n) is 3.79. The van der Waals surface area contributed by atoms with Gasteiger partial charge in [-0.1, -0.05) is 36.4 Å². The van der Waals surface area contributed by atoms with Gasteiger partial charge in [-0.25, -0.2) is 9.97 Å². The summed E-state index contributed by atoms with van der Waals surface area (Å²) in [5, 5.41) is 8.87. The van der Waals surface area contributed by atoms with Crippen molar-refractivity contribution >= 4 is 5.91 Å². The summed E-state index contributed by atoms with van der Waals surface area (Å²) in [7, 11) is 0. The number of hydrogen-bond acceptors (Lipinski definition) is 5. The van der Waals surface area contributed by atoms with E-state index in [2.05, 4.69) is 21.0 Å². The van der Waals surface area contributed by atoms with Gasteiger partial charge in [0.25, 0.3) is 5.91 Å². The van der Waals surface area contributed by atoms with E-state index in [1.54, 1.807) is 11.1 Å². The number of nitriles is 1. The van der Waals surface area contributed by atoms with Crippen molar-refractivity contribution in [2.24, 2.45) is 0 Å². The number of hydrogen-bond donors (Lipinski definition) is 0. The van der Waals surface area contributed by atoms with Gasteiger partial charge in [-0.05, 0) is 12.1 Å². The quantitative estimate of drug-likeness (QED) is 0.687. The molecule has 0 aliphatic heterocycles. The summed E-state index contributed by atoms with van der Waals surface area (Å²) in [6.07, 6.45) is 4.98. The molecule has 3 rings (SSSR count). The minimum Gasteiger partial charge on any atom is -0.332 e. The van der Waals surface area contributed by atoms with Crippen molar-refractivity contribution in [2.45, 2.75) is 13.0 Å². The van der Waals surface area contributed by atoms with Crippen LogP contribution in [0.4, 0.5) is 0 Å². The van der Waals surface area contributed by atoms with E-state index in [4.69, 9.17) is 5.26 Å². The molecule has 0 N–H and O–H groups in total. The highest BCUT2D eigenvalue weighted by molar-refractivity contribution is 5.93. The molecule has 6 heteroatoms. The summed E-state index contributed by atoms with van der Waals surface area (Å²) in [6.45, 7) is 0.661. The van der Waals surface area contributed by atoms with Crippen LogP contribution >= 0.6 is 0 Å². The molecule has 0 atom stereocenters. The van der Waals surface area contributed by atoms with Gasteiger partial charge in [-0.3, -0.25) is 9.78 Å². The number of aromatic nitrogens is 3. The average molecular weight is 343 g/mol. The summed E-state index contributed by atoms with van der Waals surface area (Å²) in [5.41, 5.74) is 2.04. The number of amides is 1. The van der Waals surface area contributed by atoms with Crippen molar-refractivity contribution in [3.8, 4) is 17.5 Å². The maximum Gasteiger partial charge on any atom is 0.257 e. The maximum atomic E-state index is 12.8. The van der Waals surface area contributed by atoms with E-state index >= 15 is 0 Å². The molecule has 0 saturated carbocycles. The van der Waals surface area contributed by atoms with Crippen LogP contribution in [0.3, 0.4) is 0 Å². The van der Waals surface area contributed by atoms with Crippen LogP contribution in [-0.4, -0.2) is 32.3 Å². The SMILES string of the molecule is N#CCCN(Cc1ccccn1)C(=O)c1cnc(-c2ccccc2)nc1. The van der Waals surface area contributed by atoms with Crippen LogP contribution in [0.5, 0.6) is 0 Å². The van der Waals surface area contributed by atoms with Gasteiger partial charge in [0, 0.05) is 30.7 Å². The zero-order valence-corrected chi connectivity index (χ0v) is 14.1. The van der Waals surface area contributed by atoms with E-state index in [-0.39, 0.29) is 12.3 Å². The number of nitrogens with zero attached hydrogens (tertiary/aromatic N) is 5. The minimum absolute atomic E-state index is 0.217. The monoisotopic (exact) mass is 343 g/mol. The van der Waals surface area contributed by atoms with Crippen LogP contribution in [0.15, 0.2) is 67.1 Å². The second-order valence-electron chi connectivity index (χ2n) is 5.62. The molecule has 26 heavy (non-hydrogen) atoms. The highest BCUT2D eigenvalue weighted by Gasteiger charge is 2.17. The lowest BCUT2D eigenvalue weighted by Gasteiger charge is -2.21. The Morgan fingerprint density at radius 1 is 1.00 bits per heavy atom. The van der Waals surface area contributed by atoms with E-state index in [0.717, 1.165) is 11.3 Å². The molecule has 0 fully saturated rings. The van der Waals surface area contributed by atoms with Crippen LogP contribution < -0.4 is 0 Å². The second kappa shape index (κ2) is 8.49. The minimum atomic E-state index is -0.217. The van der Waals surface area contributed by atoms with Gasteiger partial charge < -0.3 is 4.90 Å². The lowest BCUT2D eigenvalue weighted by atomic mass is 10.2. The molecular formula is C20H17N5O. The Morgan fingerprint density at radius 2 is 1.73 bits per heavy atom. The van der Waals surface area contributed by atoms with Gasteiger partial charge in [0.2, 0.25) is 0 Å². The summed E-state index contributed by atoms with van der Waals surface area (Å²) in [6, 6.07) is 17.2. The molecule has 128 valence electrons. The largest absolute Gasteiger partial charge is 0.332 e. The highest BCUT2D eigenvalue weighted by Crippen LogP contribution is 2.14. The molecule has 0 radical (unpaired) electrons. The maximum absolute atomic E-state index is 12.8. The summed E-state index contributed by atoms with van der Waals surface area (Å²) in [5.74, 6) is 0.348. The van der Waals surface area contributed by atoms with Crippen LogP contribution in [0, 0.1) is 11.3 Å². The molecule has 3 aromatic rings.